The molecule has 6 unspecified atom stereocenters. The van der Waals surface area contributed by atoms with Crippen LogP contribution in [0.1, 0.15) is 101 Å². The molecule has 4 aromatic rings. The number of methoxy groups -OCH3 is 1. The maximum atomic E-state index is 13.7. The number of benzene rings is 2. The molecule has 2 fully saturated rings. The fourth-order valence-electron chi connectivity index (χ4n) is 7.52. The second-order valence-corrected chi connectivity index (χ2v) is 14.6. The molecule has 55 heavy (non-hydrogen) atoms. The molecule has 14 heteroatoms. The lowest BCUT2D eigenvalue weighted by atomic mass is 9.97. The van der Waals surface area contributed by atoms with E-state index in [-0.39, 0.29) is 35.7 Å². The van der Waals surface area contributed by atoms with E-state index in [4.69, 9.17) is 9.72 Å². The Balaban J connectivity index is 1.13. The van der Waals surface area contributed by atoms with Crippen LogP contribution in [0.3, 0.4) is 0 Å². The number of amides is 4. The minimum absolute atomic E-state index is 0.0614. The molecule has 0 spiro atoms. The minimum atomic E-state index is -1.21. The van der Waals surface area contributed by atoms with Crippen LogP contribution in [0, 0.1) is 23.7 Å². The summed E-state index contributed by atoms with van der Waals surface area (Å²) >= 11 is 0. The standard InChI is InChI=1S/C41H50N8O6/c1-6-24(3)34(46-40(52)53)38(50)48-18-8-10-32(48)36-42-22-30(44-36)17-13-26-12-14-28-21-29(16-15-27(28)20-26)31-23-43-37(45-31)33-11-9-19-49(33)39(51)35(25(4)7-2)47-41(54)55-5/h12,14-16,20-25,32-35,46H,6-11,18-19H2,1-5H3,(H,42,44)(H,43,45)(H,47,54)(H,52,53). The summed E-state index contributed by atoms with van der Waals surface area (Å²) in [6.45, 7) is 8.88. The lowest BCUT2D eigenvalue weighted by Crippen LogP contribution is -2.51. The summed E-state index contributed by atoms with van der Waals surface area (Å²) in [5.41, 5.74) is 3.26. The van der Waals surface area contributed by atoms with E-state index in [1.54, 1.807) is 17.3 Å². The number of carbonyl (C=O) groups excluding carboxylic acids is 3. The van der Waals surface area contributed by atoms with Crippen molar-refractivity contribution < 1.29 is 29.0 Å². The van der Waals surface area contributed by atoms with Crippen LogP contribution in [-0.4, -0.2) is 91.1 Å². The first-order valence-corrected chi connectivity index (χ1v) is 19.1. The number of H-pyrrole nitrogens is 2. The highest BCUT2D eigenvalue weighted by Crippen LogP contribution is 2.34. The molecule has 4 amide bonds. The number of likely N-dealkylation sites (tertiary alicyclic amines) is 2. The first-order valence-electron chi connectivity index (χ1n) is 19.1. The Morgan fingerprint density at radius 1 is 0.836 bits per heavy atom. The lowest BCUT2D eigenvalue weighted by Gasteiger charge is -2.30. The van der Waals surface area contributed by atoms with Gasteiger partial charge in [-0.15, -0.1) is 0 Å². The maximum Gasteiger partial charge on any atom is 0.407 e. The van der Waals surface area contributed by atoms with E-state index in [1.165, 1.54) is 7.11 Å². The van der Waals surface area contributed by atoms with Gasteiger partial charge in [0.25, 0.3) is 0 Å². The van der Waals surface area contributed by atoms with Gasteiger partial charge in [0, 0.05) is 24.2 Å². The largest absolute Gasteiger partial charge is 0.465 e. The van der Waals surface area contributed by atoms with E-state index in [0.29, 0.717) is 36.9 Å². The highest BCUT2D eigenvalue weighted by Gasteiger charge is 2.39. The van der Waals surface area contributed by atoms with Gasteiger partial charge in [0.15, 0.2) is 0 Å². The SMILES string of the molecule is CCC(C)C(NC(=O)O)C(=O)N1CCCC1c1ncc(C#Cc2ccc3cc(-c4cnc(C5CCCN5C(=O)C(NC(=O)OC)C(C)CC)[nH]4)ccc3c2)[nH]1. The summed E-state index contributed by atoms with van der Waals surface area (Å²) in [5, 5.41) is 16.6. The molecule has 5 N–H and O–H groups in total. The number of nitrogens with one attached hydrogen (secondary N) is 4. The van der Waals surface area contributed by atoms with Gasteiger partial charge >= 0.3 is 12.2 Å². The third-order valence-corrected chi connectivity index (χ3v) is 11.1. The molecule has 2 aromatic carbocycles. The number of carbonyl (C=O) groups is 4. The predicted molar refractivity (Wildman–Crippen MR) is 207 cm³/mol. The summed E-state index contributed by atoms with van der Waals surface area (Å²) in [6.07, 6.45) is 6.17. The van der Waals surface area contributed by atoms with Crippen molar-refractivity contribution >= 4 is 34.8 Å². The molecule has 2 aromatic heterocycles. The summed E-state index contributed by atoms with van der Waals surface area (Å²) in [7, 11) is 1.29. The van der Waals surface area contributed by atoms with Gasteiger partial charge in [-0.1, -0.05) is 64.7 Å². The van der Waals surface area contributed by atoms with E-state index in [1.807, 2.05) is 62.9 Å². The molecule has 0 aliphatic carbocycles. The Morgan fingerprint density at radius 3 is 2.04 bits per heavy atom. The van der Waals surface area contributed by atoms with Gasteiger partial charge in [-0.25, -0.2) is 19.6 Å². The number of fused-ring (bicyclic) bond motifs is 1. The van der Waals surface area contributed by atoms with Gasteiger partial charge in [-0.05, 0) is 72.4 Å². The van der Waals surface area contributed by atoms with E-state index >= 15 is 0 Å². The van der Waals surface area contributed by atoms with Crippen LogP contribution in [0.25, 0.3) is 22.0 Å². The van der Waals surface area contributed by atoms with Crippen molar-refractivity contribution in [3.63, 3.8) is 0 Å². The number of aromatic nitrogens is 4. The first kappa shape index (κ1) is 38.9. The Morgan fingerprint density at radius 2 is 1.42 bits per heavy atom. The molecular weight excluding hydrogens is 701 g/mol. The molecule has 6 atom stereocenters. The molecule has 2 aliphatic heterocycles. The van der Waals surface area contributed by atoms with Crippen molar-refractivity contribution in [1.82, 2.24) is 40.4 Å². The predicted octanol–water partition coefficient (Wildman–Crippen LogP) is 6.13. The zero-order valence-electron chi connectivity index (χ0n) is 32.0. The quantitative estimate of drug-likeness (QED) is 0.113. The van der Waals surface area contributed by atoms with Crippen LogP contribution in [0.2, 0.25) is 0 Å². The van der Waals surface area contributed by atoms with Crippen molar-refractivity contribution in [3.05, 3.63) is 71.7 Å². The second kappa shape index (κ2) is 17.1. The number of aromatic amines is 2. The molecule has 0 saturated carbocycles. The van der Waals surface area contributed by atoms with Crippen molar-refractivity contribution in [3.8, 4) is 23.1 Å². The van der Waals surface area contributed by atoms with Crippen LogP contribution in [0.15, 0.2) is 48.8 Å². The van der Waals surface area contributed by atoms with Crippen LogP contribution < -0.4 is 10.6 Å². The Kier molecular flexibility index (Phi) is 12.1. The molecule has 0 bridgehead atoms. The summed E-state index contributed by atoms with van der Waals surface area (Å²) in [4.78, 5) is 70.2. The number of nitrogens with zero attached hydrogens (tertiary/aromatic N) is 4. The lowest BCUT2D eigenvalue weighted by molar-refractivity contribution is -0.136. The normalized spacial score (nSPS) is 18.9. The number of hydrogen-bond donors (Lipinski definition) is 5. The number of rotatable bonds is 11. The number of hydrogen-bond acceptors (Lipinski definition) is 7. The fourth-order valence-corrected chi connectivity index (χ4v) is 7.52. The van der Waals surface area contributed by atoms with Crippen LogP contribution in [0.4, 0.5) is 9.59 Å². The number of alkyl carbamates (subject to hydrolysis) is 1. The van der Waals surface area contributed by atoms with Gasteiger partial charge < -0.3 is 40.2 Å². The number of ether oxygens (including phenoxy) is 1. The van der Waals surface area contributed by atoms with Gasteiger partial charge in [0.2, 0.25) is 11.8 Å². The van der Waals surface area contributed by atoms with Crippen LogP contribution >= 0.6 is 0 Å². The Bertz CT molecular complexity index is 2100. The molecule has 6 rings (SSSR count). The highest BCUT2D eigenvalue weighted by atomic mass is 16.5. The third-order valence-electron chi connectivity index (χ3n) is 11.1. The smallest absolute Gasteiger partial charge is 0.407 e. The number of imidazole rings is 2. The van der Waals surface area contributed by atoms with Gasteiger partial charge in [-0.3, -0.25) is 9.59 Å². The Hall–Kier alpha value is -5.84. The van der Waals surface area contributed by atoms with E-state index in [2.05, 4.69) is 43.5 Å². The second-order valence-electron chi connectivity index (χ2n) is 14.6. The molecule has 14 nitrogen and oxygen atoms in total. The first-order chi connectivity index (χ1) is 26.5. The molecule has 2 saturated heterocycles. The Labute approximate surface area is 320 Å². The van der Waals surface area contributed by atoms with E-state index in [9.17, 15) is 24.3 Å². The summed E-state index contributed by atoms with van der Waals surface area (Å²) in [6, 6.07) is 10.2. The van der Waals surface area contributed by atoms with Gasteiger partial charge in [0.05, 0.1) is 37.3 Å². The molecular formula is C41H50N8O6. The van der Waals surface area contributed by atoms with Crippen molar-refractivity contribution in [2.24, 2.45) is 11.8 Å². The average Bonchev–Trinajstić information content (AvgIpc) is 4.03. The van der Waals surface area contributed by atoms with Crippen molar-refractivity contribution in [2.45, 2.75) is 90.4 Å². The summed E-state index contributed by atoms with van der Waals surface area (Å²) in [5.74, 6) is 7.17. The summed E-state index contributed by atoms with van der Waals surface area (Å²) < 4.78 is 4.79. The van der Waals surface area contributed by atoms with Crippen LogP contribution in [0.5, 0.6) is 0 Å². The highest BCUT2D eigenvalue weighted by molar-refractivity contribution is 5.89. The van der Waals surface area contributed by atoms with Crippen LogP contribution in [-0.2, 0) is 14.3 Å². The van der Waals surface area contributed by atoms with E-state index in [0.717, 1.165) is 59.7 Å². The minimum Gasteiger partial charge on any atom is -0.465 e. The van der Waals surface area contributed by atoms with Gasteiger partial charge in [-0.2, -0.15) is 0 Å². The fraction of sp³-hybridized carbons (Fsp3) is 0.463. The molecule has 2 aliphatic rings. The van der Waals surface area contributed by atoms with Gasteiger partial charge in [0.1, 0.15) is 29.4 Å². The zero-order chi connectivity index (χ0) is 39.2. The van der Waals surface area contributed by atoms with Crippen molar-refractivity contribution in [1.29, 1.82) is 0 Å². The topological polar surface area (TPSA) is 186 Å². The molecule has 4 heterocycles. The molecule has 0 radical (unpaired) electrons. The average molecular weight is 751 g/mol. The number of carboxylic acid groups (broad SMARTS) is 1. The zero-order valence-corrected chi connectivity index (χ0v) is 32.0. The monoisotopic (exact) mass is 750 g/mol. The van der Waals surface area contributed by atoms with E-state index < -0.39 is 24.3 Å². The maximum absolute atomic E-state index is 13.7. The third kappa shape index (κ3) is 8.61. The van der Waals surface area contributed by atoms with Crippen molar-refractivity contribution in [2.75, 3.05) is 20.2 Å². The molecule has 290 valence electrons.